The summed E-state index contributed by atoms with van der Waals surface area (Å²) in [5, 5.41) is 12.5. The standard InChI is InChI=1S/C16H26N2O3/c1-4-9-18-16(3,15(17)20)10-12(2)21-14-8-6-5-7-13(14)11-19/h5-8,12,18-19H,4,9-11H2,1-3H3,(H2,17,20). The molecule has 21 heavy (non-hydrogen) atoms. The molecule has 118 valence electrons. The Morgan fingerprint density at radius 2 is 2.14 bits per heavy atom. The Bertz CT molecular complexity index is 465. The van der Waals surface area contributed by atoms with Gasteiger partial charge in [-0.1, -0.05) is 25.1 Å². The van der Waals surface area contributed by atoms with E-state index in [0.29, 0.717) is 12.2 Å². The van der Waals surface area contributed by atoms with Crippen LogP contribution >= 0.6 is 0 Å². The summed E-state index contributed by atoms with van der Waals surface area (Å²) >= 11 is 0. The number of nitrogens with one attached hydrogen (secondary N) is 1. The number of hydrogen-bond donors (Lipinski definition) is 3. The Kier molecular flexibility index (Phi) is 6.65. The van der Waals surface area contributed by atoms with Crippen LogP contribution in [-0.4, -0.2) is 29.2 Å². The highest BCUT2D eigenvalue weighted by Crippen LogP contribution is 2.22. The van der Waals surface area contributed by atoms with Crippen LogP contribution in [0.4, 0.5) is 0 Å². The highest BCUT2D eigenvalue weighted by atomic mass is 16.5. The first-order valence-corrected chi connectivity index (χ1v) is 7.33. The van der Waals surface area contributed by atoms with Crippen LogP contribution in [-0.2, 0) is 11.4 Å². The molecule has 1 amide bonds. The van der Waals surface area contributed by atoms with Crippen molar-refractivity contribution < 1.29 is 14.6 Å². The largest absolute Gasteiger partial charge is 0.490 e. The molecule has 1 aromatic carbocycles. The Morgan fingerprint density at radius 1 is 1.48 bits per heavy atom. The molecular weight excluding hydrogens is 268 g/mol. The van der Waals surface area contributed by atoms with Gasteiger partial charge in [0.05, 0.1) is 18.2 Å². The summed E-state index contributed by atoms with van der Waals surface area (Å²) in [6.07, 6.45) is 1.17. The summed E-state index contributed by atoms with van der Waals surface area (Å²) in [6, 6.07) is 7.32. The molecule has 0 aliphatic rings. The Labute approximate surface area is 126 Å². The van der Waals surface area contributed by atoms with Gasteiger partial charge < -0.3 is 20.9 Å². The molecule has 1 rings (SSSR count). The van der Waals surface area contributed by atoms with E-state index < -0.39 is 5.54 Å². The molecule has 2 atom stereocenters. The minimum atomic E-state index is -0.802. The summed E-state index contributed by atoms with van der Waals surface area (Å²) in [5.41, 5.74) is 5.44. The molecule has 1 aromatic rings. The maximum absolute atomic E-state index is 11.7. The van der Waals surface area contributed by atoms with Crippen LogP contribution in [0.15, 0.2) is 24.3 Å². The van der Waals surface area contributed by atoms with Crippen molar-refractivity contribution in [2.45, 2.75) is 51.9 Å². The molecule has 0 spiro atoms. The molecule has 0 saturated heterocycles. The van der Waals surface area contributed by atoms with Crippen molar-refractivity contribution in [2.24, 2.45) is 5.73 Å². The van der Waals surface area contributed by atoms with Crippen LogP contribution < -0.4 is 15.8 Å². The first kappa shape index (κ1) is 17.5. The van der Waals surface area contributed by atoms with E-state index in [1.807, 2.05) is 38.1 Å². The van der Waals surface area contributed by atoms with Crippen molar-refractivity contribution in [1.29, 1.82) is 0 Å². The number of carbonyl (C=O) groups is 1. The Balaban J connectivity index is 2.74. The molecule has 0 heterocycles. The van der Waals surface area contributed by atoms with Crippen LogP contribution in [0.5, 0.6) is 5.75 Å². The van der Waals surface area contributed by atoms with Crippen LogP contribution in [0.2, 0.25) is 0 Å². The average Bonchev–Trinajstić information content (AvgIpc) is 2.45. The van der Waals surface area contributed by atoms with Crippen LogP contribution in [0.25, 0.3) is 0 Å². The number of aliphatic hydroxyl groups excluding tert-OH is 1. The molecule has 0 aromatic heterocycles. The predicted octanol–water partition coefficient (Wildman–Crippen LogP) is 1.58. The molecular formula is C16H26N2O3. The Morgan fingerprint density at radius 3 is 2.71 bits per heavy atom. The van der Waals surface area contributed by atoms with Crippen molar-refractivity contribution in [3.05, 3.63) is 29.8 Å². The second kappa shape index (κ2) is 8.00. The lowest BCUT2D eigenvalue weighted by molar-refractivity contribution is -0.124. The zero-order chi connectivity index (χ0) is 15.9. The molecule has 5 nitrogen and oxygen atoms in total. The van der Waals surface area contributed by atoms with Gasteiger partial charge in [-0.15, -0.1) is 0 Å². The van der Waals surface area contributed by atoms with Crippen molar-refractivity contribution in [2.75, 3.05) is 6.54 Å². The van der Waals surface area contributed by atoms with Gasteiger partial charge in [0.1, 0.15) is 5.75 Å². The number of rotatable bonds is 9. The van der Waals surface area contributed by atoms with Crippen molar-refractivity contribution in [1.82, 2.24) is 5.32 Å². The van der Waals surface area contributed by atoms with E-state index in [2.05, 4.69) is 5.32 Å². The maximum atomic E-state index is 11.7. The van der Waals surface area contributed by atoms with Gasteiger partial charge in [0.25, 0.3) is 0 Å². The van der Waals surface area contributed by atoms with E-state index in [9.17, 15) is 9.90 Å². The molecule has 0 saturated carbocycles. The normalized spacial score (nSPS) is 15.2. The molecule has 0 bridgehead atoms. The van der Waals surface area contributed by atoms with Gasteiger partial charge in [-0.2, -0.15) is 0 Å². The van der Waals surface area contributed by atoms with Crippen LogP contribution in [0, 0.1) is 0 Å². The third-order valence-corrected chi connectivity index (χ3v) is 3.48. The SMILES string of the molecule is CCCNC(C)(CC(C)Oc1ccccc1CO)C(N)=O. The van der Waals surface area contributed by atoms with E-state index in [1.54, 1.807) is 6.92 Å². The maximum Gasteiger partial charge on any atom is 0.237 e. The van der Waals surface area contributed by atoms with Gasteiger partial charge in [0.2, 0.25) is 5.91 Å². The predicted molar refractivity (Wildman–Crippen MR) is 83.0 cm³/mol. The lowest BCUT2D eigenvalue weighted by Gasteiger charge is -2.30. The minimum absolute atomic E-state index is 0.0793. The van der Waals surface area contributed by atoms with Gasteiger partial charge in [-0.05, 0) is 32.9 Å². The summed E-state index contributed by atoms with van der Waals surface area (Å²) in [6.45, 7) is 6.36. The summed E-state index contributed by atoms with van der Waals surface area (Å²) < 4.78 is 5.85. The van der Waals surface area contributed by atoms with Gasteiger partial charge >= 0.3 is 0 Å². The third-order valence-electron chi connectivity index (χ3n) is 3.48. The third kappa shape index (κ3) is 5.02. The van der Waals surface area contributed by atoms with Crippen molar-refractivity contribution >= 4 is 5.91 Å². The number of nitrogens with two attached hydrogens (primary N) is 1. The zero-order valence-electron chi connectivity index (χ0n) is 13.1. The first-order chi connectivity index (χ1) is 9.92. The fourth-order valence-corrected chi connectivity index (χ4v) is 2.24. The summed E-state index contributed by atoms with van der Waals surface area (Å²) in [7, 11) is 0. The number of ether oxygens (including phenoxy) is 1. The molecule has 2 unspecified atom stereocenters. The lowest BCUT2D eigenvalue weighted by atomic mass is 9.93. The van der Waals surface area contributed by atoms with Gasteiger partial charge in [0, 0.05) is 12.0 Å². The average molecular weight is 294 g/mol. The van der Waals surface area contributed by atoms with E-state index in [1.165, 1.54) is 0 Å². The second-order valence-corrected chi connectivity index (χ2v) is 5.52. The second-order valence-electron chi connectivity index (χ2n) is 5.52. The minimum Gasteiger partial charge on any atom is -0.490 e. The van der Waals surface area contributed by atoms with Gasteiger partial charge in [-0.25, -0.2) is 0 Å². The summed E-state index contributed by atoms with van der Waals surface area (Å²) in [5.74, 6) is 0.247. The van der Waals surface area contributed by atoms with Crippen molar-refractivity contribution in [3.63, 3.8) is 0 Å². The topological polar surface area (TPSA) is 84.6 Å². The van der Waals surface area contributed by atoms with Crippen LogP contribution in [0.1, 0.15) is 39.2 Å². The molecule has 0 aliphatic carbocycles. The van der Waals surface area contributed by atoms with Crippen molar-refractivity contribution in [3.8, 4) is 5.75 Å². The highest BCUT2D eigenvalue weighted by Gasteiger charge is 2.32. The molecule has 0 aliphatic heterocycles. The summed E-state index contributed by atoms with van der Waals surface area (Å²) in [4.78, 5) is 11.7. The van der Waals surface area contributed by atoms with E-state index in [4.69, 9.17) is 10.5 Å². The lowest BCUT2D eigenvalue weighted by Crippen LogP contribution is -2.55. The number of amides is 1. The monoisotopic (exact) mass is 294 g/mol. The number of benzene rings is 1. The molecule has 0 radical (unpaired) electrons. The zero-order valence-corrected chi connectivity index (χ0v) is 13.1. The molecule has 4 N–H and O–H groups in total. The molecule has 0 fully saturated rings. The highest BCUT2D eigenvalue weighted by molar-refractivity contribution is 5.84. The van der Waals surface area contributed by atoms with E-state index in [-0.39, 0.29) is 18.6 Å². The number of hydrogen-bond acceptors (Lipinski definition) is 4. The van der Waals surface area contributed by atoms with E-state index in [0.717, 1.165) is 18.5 Å². The number of para-hydroxylation sites is 1. The number of aliphatic hydroxyl groups is 1. The fourth-order valence-electron chi connectivity index (χ4n) is 2.24. The van der Waals surface area contributed by atoms with Gasteiger partial charge in [0.15, 0.2) is 0 Å². The number of primary amides is 1. The quantitative estimate of drug-likeness (QED) is 0.645. The van der Waals surface area contributed by atoms with Gasteiger partial charge in [-0.3, -0.25) is 4.79 Å². The van der Waals surface area contributed by atoms with E-state index >= 15 is 0 Å². The fraction of sp³-hybridized carbons (Fsp3) is 0.562. The van der Waals surface area contributed by atoms with Crippen LogP contribution in [0.3, 0.4) is 0 Å². The smallest absolute Gasteiger partial charge is 0.237 e. The molecule has 5 heteroatoms. The first-order valence-electron chi connectivity index (χ1n) is 7.33. The Hall–Kier alpha value is -1.59. The number of carbonyl (C=O) groups excluding carboxylic acids is 1.